The van der Waals surface area contributed by atoms with Crippen LogP contribution in [0.2, 0.25) is 0 Å². The van der Waals surface area contributed by atoms with Gasteiger partial charge in [-0.05, 0) is 17.7 Å². The van der Waals surface area contributed by atoms with Crippen LogP contribution in [-0.2, 0) is 11.3 Å². The van der Waals surface area contributed by atoms with E-state index in [2.05, 4.69) is 15.0 Å². The third-order valence-electron chi connectivity index (χ3n) is 2.61. The average Bonchev–Trinajstić information content (AvgIpc) is 2.80. The van der Waals surface area contributed by atoms with Crippen LogP contribution in [0.15, 0.2) is 29.1 Å². The van der Waals surface area contributed by atoms with Crippen molar-refractivity contribution in [1.82, 2.24) is 15.0 Å². The van der Waals surface area contributed by atoms with Gasteiger partial charge in [0.15, 0.2) is 0 Å². The van der Waals surface area contributed by atoms with Gasteiger partial charge in [-0.1, -0.05) is 12.1 Å². The number of rotatable bonds is 4. The summed E-state index contributed by atoms with van der Waals surface area (Å²) in [5.41, 5.74) is 0.113. The molecule has 0 aliphatic heterocycles. The first kappa shape index (κ1) is 12.9. The van der Waals surface area contributed by atoms with Crippen molar-refractivity contribution in [2.24, 2.45) is 0 Å². The maximum atomic E-state index is 11.8. The van der Waals surface area contributed by atoms with Crippen molar-refractivity contribution in [2.75, 3.05) is 14.2 Å². The molecule has 1 aromatic heterocycles. The molecule has 0 aliphatic rings. The largest absolute Gasteiger partial charge is 0.497 e. The number of aromatic nitrogens is 3. The number of H-pyrrole nitrogens is 1. The molecule has 2 aromatic rings. The number of carbonyl (C=O) groups is 1. The second-order valence-electron chi connectivity index (χ2n) is 3.79. The van der Waals surface area contributed by atoms with Gasteiger partial charge in [0, 0.05) is 0 Å². The molecule has 0 unspecified atom stereocenters. The Hall–Kier alpha value is -2.57. The van der Waals surface area contributed by atoms with Gasteiger partial charge in [-0.3, -0.25) is 4.79 Å². The Morgan fingerprint density at radius 3 is 2.58 bits per heavy atom. The molecule has 2 rings (SSSR count). The molecule has 7 heteroatoms. The maximum Gasteiger partial charge on any atom is 0.364 e. The summed E-state index contributed by atoms with van der Waals surface area (Å²) in [6.07, 6.45) is 0. The van der Waals surface area contributed by atoms with Gasteiger partial charge < -0.3 is 9.47 Å². The topological polar surface area (TPSA) is 86.2 Å². The number of hydrogen-bond donors (Lipinski definition) is 1. The number of esters is 1. The fraction of sp³-hybridized carbons (Fsp3) is 0.250. The molecule has 7 nitrogen and oxygen atoms in total. The number of methoxy groups -OCH3 is 2. The van der Waals surface area contributed by atoms with E-state index in [-0.39, 0.29) is 12.2 Å². The first-order valence-electron chi connectivity index (χ1n) is 5.52. The van der Waals surface area contributed by atoms with E-state index in [0.717, 1.165) is 11.3 Å². The highest BCUT2D eigenvalue weighted by molar-refractivity contribution is 5.86. The maximum absolute atomic E-state index is 11.8. The molecule has 1 aromatic carbocycles. The summed E-state index contributed by atoms with van der Waals surface area (Å²) in [5, 5.41) is 6.13. The van der Waals surface area contributed by atoms with E-state index >= 15 is 0 Å². The lowest BCUT2D eigenvalue weighted by Gasteiger charge is -2.03. The highest BCUT2D eigenvalue weighted by Crippen LogP contribution is 2.11. The van der Waals surface area contributed by atoms with Crippen LogP contribution in [0.25, 0.3) is 0 Å². The lowest BCUT2D eigenvalue weighted by molar-refractivity contribution is 0.0592. The molecule has 100 valence electrons. The molecule has 0 radical (unpaired) electrons. The zero-order chi connectivity index (χ0) is 13.8. The Balaban J connectivity index is 2.21. The minimum atomic E-state index is -0.755. The number of nitrogens with one attached hydrogen (secondary N) is 1. The molecule has 0 amide bonds. The van der Waals surface area contributed by atoms with Crippen LogP contribution in [0.3, 0.4) is 0 Å². The van der Waals surface area contributed by atoms with E-state index in [1.807, 2.05) is 12.1 Å². The van der Waals surface area contributed by atoms with Gasteiger partial charge in [-0.15, -0.1) is 5.10 Å². The smallest absolute Gasteiger partial charge is 0.364 e. The summed E-state index contributed by atoms with van der Waals surface area (Å²) in [6, 6.07) is 7.23. The van der Waals surface area contributed by atoms with Crippen LogP contribution >= 0.6 is 0 Å². The SMILES string of the molecule is COC(=O)c1n[nH]n(Cc2ccc(OC)cc2)c1=O. The number of ether oxygens (including phenoxy) is 2. The summed E-state index contributed by atoms with van der Waals surface area (Å²) in [6.45, 7) is 0.285. The van der Waals surface area contributed by atoms with Crippen molar-refractivity contribution in [1.29, 1.82) is 0 Å². The van der Waals surface area contributed by atoms with Gasteiger partial charge in [0.2, 0.25) is 5.69 Å². The summed E-state index contributed by atoms with van der Waals surface area (Å²) in [5.74, 6) is -0.0225. The molecule has 0 spiro atoms. The molecular weight excluding hydrogens is 250 g/mol. The molecule has 0 atom stereocenters. The molecule has 0 saturated carbocycles. The van der Waals surface area contributed by atoms with Gasteiger partial charge in [0.1, 0.15) is 5.75 Å². The summed E-state index contributed by atoms with van der Waals surface area (Å²) in [7, 11) is 2.78. The first-order chi connectivity index (χ1) is 9.15. The normalized spacial score (nSPS) is 10.2. The molecule has 19 heavy (non-hydrogen) atoms. The molecule has 0 bridgehead atoms. The van der Waals surface area contributed by atoms with Crippen LogP contribution < -0.4 is 10.3 Å². The Labute approximate surface area is 108 Å². The summed E-state index contributed by atoms with van der Waals surface area (Å²) >= 11 is 0. The van der Waals surface area contributed by atoms with E-state index in [9.17, 15) is 9.59 Å². The zero-order valence-corrected chi connectivity index (χ0v) is 10.5. The van der Waals surface area contributed by atoms with E-state index in [1.54, 1.807) is 19.2 Å². The highest BCUT2D eigenvalue weighted by atomic mass is 16.5. The van der Waals surface area contributed by atoms with Crippen LogP contribution in [0.5, 0.6) is 5.75 Å². The molecule has 1 N–H and O–H groups in total. The fourth-order valence-electron chi connectivity index (χ4n) is 1.58. The Morgan fingerprint density at radius 2 is 2.00 bits per heavy atom. The first-order valence-corrected chi connectivity index (χ1v) is 5.52. The number of hydrogen-bond acceptors (Lipinski definition) is 5. The van der Waals surface area contributed by atoms with Crippen molar-refractivity contribution < 1.29 is 14.3 Å². The number of benzene rings is 1. The third-order valence-corrected chi connectivity index (χ3v) is 2.61. The summed E-state index contributed by atoms with van der Waals surface area (Å²) in [4.78, 5) is 23.1. The van der Waals surface area contributed by atoms with E-state index in [4.69, 9.17) is 4.74 Å². The third kappa shape index (κ3) is 2.65. The Kier molecular flexibility index (Phi) is 3.65. The molecule has 0 saturated heterocycles. The van der Waals surface area contributed by atoms with Gasteiger partial charge >= 0.3 is 11.5 Å². The second kappa shape index (κ2) is 5.38. The zero-order valence-electron chi connectivity index (χ0n) is 10.5. The minimum absolute atomic E-state index is 0.254. The standard InChI is InChI=1S/C12H13N3O4/c1-18-9-5-3-8(4-6-9)7-15-11(16)10(13-14-15)12(17)19-2/h3-6,14H,7H2,1-2H3. The van der Waals surface area contributed by atoms with E-state index < -0.39 is 11.5 Å². The van der Waals surface area contributed by atoms with Crippen LogP contribution in [0.4, 0.5) is 0 Å². The second-order valence-corrected chi connectivity index (χ2v) is 3.79. The Bertz CT molecular complexity index is 627. The molecule has 0 fully saturated rings. The molecular formula is C12H13N3O4. The number of carbonyl (C=O) groups excluding carboxylic acids is 1. The van der Waals surface area contributed by atoms with Crippen molar-refractivity contribution >= 4 is 5.97 Å². The van der Waals surface area contributed by atoms with Crippen molar-refractivity contribution in [3.63, 3.8) is 0 Å². The monoisotopic (exact) mass is 263 g/mol. The number of aromatic amines is 1. The highest BCUT2D eigenvalue weighted by Gasteiger charge is 2.16. The van der Waals surface area contributed by atoms with Gasteiger partial charge in [-0.25, -0.2) is 14.7 Å². The van der Waals surface area contributed by atoms with E-state index in [1.165, 1.54) is 11.8 Å². The quantitative estimate of drug-likeness (QED) is 0.808. The molecule has 1 heterocycles. The predicted octanol–water partition coefficient (Wildman–Crippen LogP) is 0.415. The average molecular weight is 263 g/mol. The van der Waals surface area contributed by atoms with Crippen LogP contribution in [0, 0.1) is 0 Å². The van der Waals surface area contributed by atoms with Crippen LogP contribution in [-0.4, -0.2) is 35.2 Å². The number of nitrogens with zero attached hydrogens (tertiary/aromatic N) is 2. The summed E-state index contributed by atoms with van der Waals surface area (Å²) < 4.78 is 10.7. The van der Waals surface area contributed by atoms with Crippen molar-refractivity contribution in [3.05, 3.63) is 45.9 Å². The minimum Gasteiger partial charge on any atom is -0.497 e. The van der Waals surface area contributed by atoms with Crippen LogP contribution in [0.1, 0.15) is 16.1 Å². The molecule has 0 aliphatic carbocycles. The lowest BCUT2D eigenvalue weighted by atomic mass is 10.2. The lowest BCUT2D eigenvalue weighted by Crippen LogP contribution is -2.22. The fourth-order valence-corrected chi connectivity index (χ4v) is 1.58. The van der Waals surface area contributed by atoms with Gasteiger partial charge in [0.25, 0.3) is 0 Å². The van der Waals surface area contributed by atoms with Gasteiger partial charge in [0.05, 0.1) is 20.8 Å². The van der Waals surface area contributed by atoms with Gasteiger partial charge in [-0.2, -0.15) is 0 Å². The predicted molar refractivity (Wildman–Crippen MR) is 66.3 cm³/mol. The van der Waals surface area contributed by atoms with Crippen molar-refractivity contribution in [2.45, 2.75) is 6.54 Å². The van der Waals surface area contributed by atoms with E-state index in [0.29, 0.717) is 0 Å². The Morgan fingerprint density at radius 1 is 1.32 bits per heavy atom. The van der Waals surface area contributed by atoms with Crippen molar-refractivity contribution in [3.8, 4) is 5.75 Å².